The summed E-state index contributed by atoms with van der Waals surface area (Å²) >= 11 is 0. The maximum atomic E-state index is 12.7. The highest BCUT2D eigenvalue weighted by Crippen LogP contribution is 2.22. The summed E-state index contributed by atoms with van der Waals surface area (Å²) in [5, 5.41) is 11.8. The molecule has 0 saturated heterocycles. The minimum absolute atomic E-state index is 0.0106. The lowest BCUT2D eigenvalue weighted by Crippen LogP contribution is -2.24. The van der Waals surface area contributed by atoms with Gasteiger partial charge in [-0.1, -0.05) is 42.5 Å². The number of rotatable bonds is 3. The fraction of sp³-hybridized carbons (Fsp3) is 0. The molecule has 0 unspecified atom stereocenters. The summed E-state index contributed by atoms with van der Waals surface area (Å²) in [4.78, 5) is 27.4. The van der Waals surface area contributed by atoms with Gasteiger partial charge in [-0.15, -0.1) is 0 Å². The van der Waals surface area contributed by atoms with Crippen LogP contribution in [0.3, 0.4) is 0 Å². The Bertz CT molecular complexity index is 985. The molecular weight excluding hydrogens is 302 g/mol. The van der Waals surface area contributed by atoms with Crippen molar-refractivity contribution in [3.05, 3.63) is 88.3 Å². The molecule has 24 heavy (non-hydrogen) atoms. The van der Waals surface area contributed by atoms with E-state index in [1.54, 1.807) is 30.3 Å². The molecule has 0 aliphatic rings. The number of aromatic nitrogens is 1. The first-order chi connectivity index (χ1) is 11.7. The van der Waals surface area contributed by atoms with E-state index in [9.17, 15) is 9.59 Å². The highest BCUT2D eigenvalue weighted by atomic mass is 16.2. The first-order valence-corrected chi connectivity index (χ1v) is 7.28. The SMILES string of the molecule is N#Cc1ccccc1NC(=O)c1c(-c2ccccc2)cc[nH]c1=O. The van der Waals surface area contributed by atoms with Crippen molar-refractivity contribution in [2.45, 2.75) is 0 Å². The minimum Gasteiger partial charge on any atom is -0.328 e. The van der Waals surface area contributed by atoms with Crippen molar-refractivity contribution in [3.63, 3.8) is 0 Å². The normalized spacial score (nSPS) is 9.96. The van der Waals surface area contributed by atoms with E-state index >= 15 is 0 Å². The second-order valence-electron chi connectivity index (χ2n) is 5.07. The van der Waals surface area contributed by atoms with E-state index in [0.717, 1.165) is 5.56 Å². The lowest BCUT2D eigenvalue weighted by molar-refractivity contribution is 0.102. The first-order valence-electron chi connectivity index (χ1n) is 7.28. The van der Waals surface area contributed by atoms with Crippen molar-refractivity contribution in [1.29, 1.82) is 5.26 Å². The van der Waals surface area contributed by atoms with Crippen molar-refractivity contribution in [2.75, 3.05) is 5.32 Å². The molecule has 0 saturated carbocycles. The van der Waals surface area contributed by atoms with Crippen LogP contribution < -0.4 is 10.9 Å². The Morgan fingerprint density at radius 1 is 1.00 bits per heavy atom. The van der Waals surface area contributed by atoms with Gasteiger partial charge in [0.15, 0.2) is 0 Å². The Morgan fingerprint density at radius 3 is 2.46 bits per heavy atom. The van der Waals surface area contributed by atoms with Crippen LogP contribution in [0.4, 0.5) is 5.69 Å². The van der Waals surface area contributed by atoms with Crippen LogP contribution in [-0.2, 0) is 0 Å². The second kappa shape index (κ2) is 6.63. The monoisotopic (exact) mass is 315 g/mol. The number of anilines is 1. The number of benzene rings is 2. The zero-order valence-electron chi connectivity index (χ0n) is 12.6. The Hall–Kier alpha value is -3.65. The minimum atomic E-state index is -0.557. The van der Waals surface area contributed by atoms with Crippen molar-refractivity contribution >= 4 is 11.6 Å². The van der Waals surface area contributed by atoms with E-state index in [4.69, 9.17) is 5.26 Å². The summed E-state index contributed by atoms with van der Waals surface area (Å²) in [6, 6.07) is 19.5. The van der Waals surface area contributed by atoms with Gasteiger partial charge in [-0.05, 0) is 23.8 Å². The van der Waals surface area contributed by atoms with Gasteiger partial charge in [-0.3, -0.25) is 9.59 Å². The van der Waals surface area contributed by atoms with Crippen molar-refractivity contribution in [3.8, 4) is 17.2 Å². The molecule has 0 radical (unpaired) electrons. The molecule has 5 nitrogen and oxygen atoms in total. The van der Waals surface area contributed by atoms with Gasteiger partial charge >= 0.3 is 0 Å². The van der Waals surface area contributed by atoms with Gasteiger partial charge in [0.25, 0.3) is 11.5 Å². The van der Waals surface area contributed by atoms with E-state index in [0.29, 0.717) is 16.8 Å². The lowest BCUT2D eigenvalue weighted by Gasteiger charge is -2.10. The van der Waals surface area contributed by atoms with Gasteiger partial charge in [0.2, 0.25) is 0 Å². The molecule has 116 valence electrons. The number of hydrogen-bond acceptors (Lipinski definition) is 3. The zero-order valence-corrected chi connectivity index (χ0v) is 12.6. The number of amides is 1. The van der Waals surface area contributed by atoms with Crippen LogP contribution in [-0.4, -0.2) is 10.9 Å². The summed E-state index contributed by atoms with van der Waals surface area (Å²) in [6.07, 6.45) is 1.50. The molecule has 1 heterocycles. The lowest BCUT2D eigenvalue weighted by atomic mass is 10.0. The predicted octanol–water partition coefficient (Wildman–Crippen LogP) is 3.17. The van der Waals surface area contributed by atoms with E-state index in [1.807, 2.05) is 36.4 Å². The molecule has 0 spiro atoms. The molecular formula is C19H13N3O2. The zero-order chi connectivity index (χ0) is 16.9. The summed E-state index contributed by atoms with van der Waals surface area (Å²) in [5.74, 6) is -0.557. The number of nitriles is 1. The number of H-pyrrole nitrogens is 1. The van der Waals surface area contributed by atoms with Crippen molar-refractivity contribution in [1.82, 2.24) is 4.98 Å². The number of nitrogens with one attached hydrogen (secondary N) is 2. The predicted molar refractivity (Wildman–Crippen MR) is 91.6 cm³/mol. The Morgan fingerprint density at radius 2 is 1.71 bits per heavy atom. The van der Waals surface area contributed by atoms with Crippen molar-refractivity contribution < 1.29 is 4.79 Å². The van der Waals surface area contributed by atoms with Crippen LogP contribution in [0.1, 0.15) is 15.9 Å². The smallest absolute Gasteiger partial charge is 0.261 e. The summed E-state index contributed by atoms with van der Waals surface area (Å²) in [5.41, 5.74) is 1.53. The second-order valence-corrected chi connectivity index (χ2v) is 5.07. The van der Waals surface area contributed by atoms with E-state index in [1.165, 1.54) is 6.20 Å². The molecule has 3 aromatic rings. The van der Waals surface area contributed by atoms with Crippen molar-refractivity contribution in [2.24, 2.45) is 0 Å². The van der Waals surface area contributed by atoms with Crippen LogP contribution in [0.2, 0.25) is 0 Å². The van der Waals surface area contributed by atoms with Gasteiger partial charge in [-0.25, -0.2) is 0 Å². The van der Waals surface area contributed by atoms with Gasteiger partial charge < -0.3 is 10.3 Å². The molecule has 0 atom stereocenters. The molecule has 0 fully saturated rings. The molecule has 5 heteroatoms. The van der Waals surface area contributed by atoms with Gasteiger partial charge in [0.1, 0.15) is 11.6 Å². The Labute approximate surface area is 138 Å². The van der Waals surface area contributed by atoms with E-state index in [2.05, 4.69) is 10.3 Å². The van der Waals surface area contributed by atoms with Crippen LogP contribution in [0.15, 0.2) is 71.7 Å². The number of aromatic amines is 1. The number of para-hydroxylation sites is 1. The molecule has 0 bridgehead atoms. The molecule has 3 rings (SSSR count). The maximum absolute atomic E-state index is 12.7. The van der Waals surface area contributed by atoms with Crippen LogP contribution >= 0.6 is 0 Å². The number of carbonyl (C=O) groups is 1. The van der Waals surface area contributed by atoms with Gasteiger partial charge in [-0.2, -0.15) is 5.26 Å². The summed E-state index contributed by atoms with van der Waals surface area (Å²) in [6.45, 7) is 0. The third kappa shape index (κ3) is 2.94. The number of hydrogen-bond donors (Lipinski definition) is 2. The van der Waals surface area contributed by atoms with Gasteiger partial charge in [0.05, 0.1) is 11.3 Å². The summed E-state index contributed by atoms with van der Waals surface area (Å²) < 4.78 is 0. The Balaban J connectivity index is 2.05. The maximum Gasteiger partial charge on any atom is 0.261 e. The topological polar surface area (TPSA) is 85.8 Å². The van der Waals surface area contributed by atoms with E-state index in [-0.39, 0.29) is 5.56 Å². The third-order valence-electron chi connectivity index (χ3n) is 3.57. The highest BCUT2D eigenvalue weighted by Gasteiger charge is 2.18. The molecule has 0 aliphatic heterocycles. The fourth-order valence-electron chi connectivity index (χ4n) is 2.44. The largest absolute Gasteiger partial charge is 0.328 e. The highest BCUT2D eigenvalue weighted by molar-refractivity contribution is 6.08. The van der Waals surface area contributed by atoms with E-state index < -0.39 is 11.5 Å². The first kappa shape index (κ1) is 15.3. The molecule has 0 aliphatic carbocycles. The summed E-state index contributed by atoms with van der Waals surface area (Å²) in [7, 11) is 0. The van der Waals surface area contributed by atoms with Crippen LogP contribution in [0.25, 0.3) is 11.1 Å². The number of carbonyl (C=O) groups excluding carboxylic acids is 1. The quantitative estimate of drug-likeness (QED) is 0.778. The average molecular weight is 315 g/mol. The number of nitrogens with zero attached hydrogens (tertiary/aromatic N) is 1. The number of pyridine rings is 1. The molecule has 1 amide bonds. The van der Waals surface area contributed by atoms with Gasteiger partial charge in [0, 0.05) is 11.8 Å². The van der Waals surface area contributed by atoms with Crippen LogP contribution in [0, 0.1) is 11.3 Å². The molecule has 2 N–H and O–H groups in total. The Kier molecular flexibility index (Phi) is 4.21. The van der Waals surface area contributed by atoms with Crippen LogP contribution in [0.5, 0.6) is 0 Å². The molecule has 2 aromatic carbocycles. The molecule has 1 aromatic heterocycles. The third-order valence-corrected chi connectivity index (χ3v) is 3.57. The average Bonchev–Trinajstić information content (AvgIpc) is 2.62. The standard InChI is InChI=1S/C19H13N3O2/c20-12-14-8-4-5-9-16(14)22-19(24)17-15(10-11-21-18(17)23)13-6-2-1-3-7-13/h1-11H,(H,21,23)(H,22,24). The fourth-order valence-corrected chi connectivity index (χ4v) is 2.44.